The number of ether oxygens (including phenoxy) is 1. The molecule has 178 valence electrons. The molecule has 1 aliphatic heterocycles. The Morgan fingerprint density at radius 2 is 2.00 bits per heavy atom. The molecule has 3 aliphatic rings. The van der Waals surface area contributed by atoms with Crippen LogP contribution in [0.5, 0.6) is 5.88 Å². The number of carbonyl (C=O) groups excluding carboxylic acids is 1. The Labute approximate surface area is 193 Å². The Hall–Kier alpha value is -2.81. The van der Waals surface area contributed by atoms with Gasteiger partial charge in [0.25, 0.3) is 0 Å². The van der Waals surface area contributed by atoms with E-state index in [-0.39, 0.29) is 46.8 Å². The quantitative estimate of drug-likeness (QED) is 0.553. The highest BCUT2D eigenvalue weighted by molar-refractivity contribution is 6.09. The standard InChI is InChI=1S/C24H32N4O5/c1-14(17-8-6-12-28(17)2)33-19-13-16(23(31)32)26-22(27-19)20(25)15-7-5-11-24(21(15)30)10-4-3-9-18(24)29/h13-14,17,25,30H,3-12H2,1-2H3,(H,31,32)/t14-,17-,24+/m0/s1. The number of likely N-dealkylation sites (N-methyl/N-ethyl adjacent to an activating group) is 1. The fourth-order valence-electron chi connectivity index (χ4n) is 5.58. The maximum atomic E-state index is 12.8. The van der Waals surface area contributed by atoms with Crippen molar-refractivity contribution in [3.63, 3.8) is 0 Å². The van der Waals surface area contributed by atoms with E-state index in [1.165, 1.54) is 6.07 Å². The van der Waals surface area contributed by atoms with Crippen LogP contribution in [0.15, 0.2) is 17.4 Å². The van der Waals surface area contributed by atoms with Gasteiger partial charge in [0.2, 0.25) is 5.88 Å². The summed E-state index contributed by atoms with van der Waals surface area (Å²) in [5, 5.41) is 29.4. The number of rotatable bonds is 6. The summed E-state index contributed by atoms with van der Waals surface area (Å²) in [6.45, 7) is 2.90. The number of carboxylic acids is 1. The number of carbonyl (C=O) groups is 2. The number of hydrogen-bond donors (Lipinski definition) is 3. The lowest BCUT2D eigenvalue weighted by molar-refractivity contribution is -0.131. The van der Waals surface area contributed by atoms with Crippen LogP contribution in [0.4, 0.5) is 0 Å². The van der Waals surface area contributed by atoms with Crippen molar-refractivity contribution >= 4 is 17.5 Å². The summed E-state index contributed by atoms with van der Waals surface area (Å²) in [6, 6.07) is 1.46. The van der Waals surface area contributed by atoms with Gasteiger partial charge in [-0.05, 0) is 65.5 Å². The minimum Gasteiger partial charge on any atom is -0.511 e. The Balaban J connectivity index is 1.67. The van der Waals surface area contributed by atoms with Crippen molar-refractivity contribution in [1.29, 1.82) is 5.41 Å². The van der Waals surface area contributed by atoms with Crippen molar-refractivity contribution in [1.82, 2.24) is 14.9 Å². The van der Waals surface area contributed by atoms with Crippen molar-refractivity contribution < 1.29 is 24.5 Å². The number of likely N-dealkylation sites (tertiary alicyclic amines) is 1. The van der Waals surface area contributed by atoms with Crippen LogP contribution in [0.25, 0.3) is 0 Å². The molecule has 0 radical (unpaired) electrons. The van der Waals surface area contributed by atoms with Crippen molar-refractivity contribution in [2.45, 2.75) is 76.9 Å². The monoisotopic (exact) mass is 456 g/mol. The van der Waals surface area contributed by atoms with E-state index in [0.29, 0.717) is 37.7 Å². The number of Topliss-reactive ketones (excluding diaryl/α,β-unsaturated/α-hetero) is 1. The minimum absolute atomic E-state index is 0.0231. The van der Waals surface area contributed by atoms with Crippen molar-refractivity contribution in [2.24, 2.45) is 5.41 Å². The van der Waals surface area contributed by atoms with Gasteiger partial charge >= 0.3 is 5.97 Å². The van der Waals surface area contributed by atoms with E-state index in [2.05, 4.69) is 14.9 Å². The Bertz CT molecular complexity index is 1010. The third kappa shape index (κ3) is 4.38. The number of aliphatic hydroxyl groups excluding tert-OH is 1. The average molecular weight is 457 g/mol. The molecule has 0 aromatic carbocycles. The molecule has 2 aliphatic carbocycles. The van der Waals surface area contributed by atoms with Gasteiger partial charge in [0.1, 0.15) is 23.4 Å². The summed E-state index contributed by atoms with van der Waals surface area (Å²) in [6.07, 6.45) is 6.17. The molecule has 4 rings (SSSR count). The lowest BCUT2D eigenvalue weighted by Crippen LogP contribution is -2.39. The molecule has 1 saturated carbocycles. The van der Waals surface area contributed by atoms with E-state index in [0.717, 1.165) is 32.2 Å². The number of aromatic carboxylic acids is 1. The van der Waals surface area contributed by atoms with Gasteiger partial charge in [-0.15, -0.1) is 0 Å². The summed E-state index contributed by atoms with van der Waals surface area (Å²) in [7, 11) is 2.03. The van der Waals surface area contributed by atoms with Crippen LogP contribution in [0.3, 0.4) is 0 Å². The largest absolute Gasteiger partial charge is 0.511 e. The van der Waals surface area contributed by atoms with Crippen LogP contribution in [-0.4, -0.2) is 68.3 Å². The highest BCUT2D eigenvalue weighted by Gasteiger charge is 2.47. The maximum absolute atomic E-state index is 12.8. The molecule has 2 heterocycles. The van der Waals surface area contributed by atoms with Crippen LogP contribution >= 0.6 is 0 Å². The van der Waals surface area contributed by atoms with Gasteiger partial charge in [-0.2, -0.15) is 4.98 Å². The molecule has 9 heteroatoms. The molecule has 2 fully saturated rings. The topological polar surface area (TPSA) is 137 Å². The van der Waals surface area contributed by atoms with E-state index in [9.17, 15) is 19.8 Å². The summed E-state index contributed by atoms with van der Waals surface area (Å²) >= 11 is 0. The number of ketones is 1. The summed E-state index contributed by atoms with van der Waals surface area (Å²) in [5.74, 6) is -1.30. The SMILES string of the molecule is C[C@H](Oc1cc(C(=O)O)nc(C(=N)C2=C(O)[C@]3(CCCCC3=O)CCC2)n1)[C@@H]1CCCN1C. The molecule has 0 amide bonds. The molecule has 33 heavy (non-hydrogen) atoms. The molecule has 1 saturated heterocycles. The van der Waals surface area contributed by atoms with E-state index in [4.69, 9.17) is 10.1 Å². The second-order valence-electron chi connectivity index (χ2n) is 9.50. The Morgan fingerprint density at radius 3 is 2.67 bits per heavy atom. The number of aliphatic hydroxyl groups is 1. The predicted octanol–water partition coefficient (Wildman–Crippen LogP) is 3.53. The van der Waals surface area contributed by atoms with Crippen molar-refractivity contribution in [3.05, 3.63) is 28.9 Å². The van der Waals surface area contributed by atoms with Crippen molar-refractivity contribution in [3.8, 4) is 5.88 Å². The fraction of sp³-hybridized carbons (Fsp3) is 0.625. The average Bonchev–Trinajstić information content (AvgIpc) is 3.22. The van der Waals surface area contributed by atoms with Gasteiger partial charge in [-0.3, -0.25) is 15.1 Å². The summed E-state index contributed by atoms with van der Waals surface area (Å²) < 4.78 is 6.01. The molecular weight excluding hydrogens is 424 g/mol. The van der Waals surface area contributed by atoms with E-state index in [1.54, 1.807) is 0 Å². The van der Waals surface area contributed by atoms with Gasteiger partial charge in [-0.25, -0.2) is 9.78 Å². The van der Waals surface area contributed by atoms with Gasteiger partial charge < -0.3 is 14.9 Å². The molecule has 0 unspecified atom stereocenters. The number of hydrogen-bond acceptors (Lipinski definition) is 8. The normalized spacial score (nSPS) is 27.1. The first-order valence-corrected chi connectivity index (χ1v) is 11.8. The second-order valence-corrected chi connectivity index (χ2v) is 9.50. The summed E-state index contributed by atoms with van der Waals surface area (Å²) in [5.41, 5.74) is -1.02. The van der Waals surface area contributed by atoms with E-state index in [1.807, 2.05) is 14.0 Å². The zero-order chi connectivity index (χ0) is 23.8. The molecule has 0 bridgehead atoms. The van der Waals surface area contributed by atoms with Gasteiger partial charge in [0, 0.05) is 24.1 Å². The molecule has 1 aromatic rings. The number of allylic oxidation sites excluding steroid dienone is 2. The van der Waals surface area contributed by atoms with Gasteiger partial charge in [0.15, 0.2) is 11.5 Å². The van der Waals surface area contributed by atoms with Crippen LogP contribution in [0, 0.1) is 10.8 Å². The number of nitrogens with zero attached hydrogens (tertiary/aromatic N) is 3. The van der Waals surface area contributed by atoms with Gasteiger partial charge in [-0.1, -0.05) is 6.42 Å². The third-order valence-corrected chi connectivity index (χ3v) is 7.43. The van der Waals surface area contributed by atoms with Crippen LogP contribution in [-0.2, 0) is 4.79 Å². The first kappa shape index (κ1) is 23.4. The molecule has 9 nitrogen and oxygen atoms in total. The molecular formula is C24H32N4O5. The van der Waals surface area contributed by atoms with Crippen LogP contribution in [0.1, 0.15) is 81.0 Å². The Kier molecular flexibility index (Phi) is 6.52. The first-order valence-electron chi connectivity index (χ1n) is 11.8. The molecule has 1 spiro atoms. The number of carboxylic acid groups (broad SMARTS) is 1. The van der Waals surface area contributed by atoms with Crippen molar-refractivity contribution in [2.75, 3.05) is 13.6 Å². The van der Waals surface area contributed by atoms with Crippen LogP contribution in [0.2, 0.25) is 0 Å². The highest BCUT2D eigenvalue weighted by atomic mass is 16.5. The zero-order valence-corrected chi connectivity index (χ0v) is 19.3. The predicted molar refractivity (Wildman–Crippen MR) is 121 cm³/mol. The van der Waals surface area contributed by atoms with Crippen LogP contribution < -0.4 is 4.74 Å². The van der Waals surface area contributed by atoms with Gasteiger partial charge in [0.05, 0.1) is 5.41 Å². The minimum atomic E-state index is -1.25. The van der Waals surface area contributed by atoms with E-state index < -0.39 is 11.4 Å². The highest BCUT2D eigenvalue weighted by Crippen LogP contribution is 2.48. The lowest BCUT2D eigenvalue weighted by atomic mass is 9.64. The number of aromatic nitrogens is 2. The Morgan fingerprint density at radius 1 is 1.24 bits per heavy atom. The maximum Gasteiger partial charge on any atom is 0.354 e. The molecule has 3 N–H and O–H groups in total. The van der Waals surface area contributed by atoms with E-state index >= 15 is 0 Å². The third-order valence-electron chi connectivity index (χ3n) is 7.43. The number of nitrogens with one attached hydrogen (secondary N) is 1. The smallest absolute Gasteiger partial charge is 0.354 e. The lowest BCUT2D eigenvalue weighted by Gasteiger charge is -2.39. The zero-order valence-electron chi connectivity index (χ0n) is 19.3. The molecule has 3 atom stereocenters. The summed E-state index contributed by atoms with van der Waals surface area (Å²) in [4.78, 5) is 35.1. The molecule has 1 aromatic heterocycles. The fourth-order valence-corrected chi connectivity index (χ4v) is 5.58. The second kappa shape index (κ2) is 9.21. The first-order chi connectivity index (χ1) is 15.7.